The van der Waals surface area contributed by atoms with Crippen LogP contribution in [0.5, 0.6) is 0 Å². The van der Waals surface area contributed by atoms with Gasteiger partial charge in [-0.05, 0) is 64.2 Å². The predicted octanol–water partition coefficient (Wildman–Crippen LogP) is 13.4. The average Bonchev–Trinajstić information content (AvgIpc) is 2.96. The molecule has 0 aliphatic carbocycles. The molecule has 0 saturated carbocycles. The minimum Gasteiger partial charge on any atom is -0.466 e. The summed E-state index contributed by atoms with van der Waals surface area (Å²) in [4.78, 5) is 11.9. The van der Waals surface area contributed by atoms with Crippen LogP contribution in [0.3, 0.4) is 0 Å². The highest BCUT2D eigenvalue weighted by Gasteiger charge is 2.02. The van der Waals surface area contributed by atoms with Gasteiger partial charge in [0.1, 0.15) is 0 Å². The highest BCUT2D eigenvalue weighted by molar-refractivity contribution is 5.69. The molecule has 0 heterocycles. The summed E-state index contributed by atoms with van der Waals surface area (Å²) in [6, 6.07) is 0. The van der Waals surface area contributed by atoms with Gasteiger partial charge in [0.15, 0.2) is 0 Å². The molecule has 0 N–H and O–H groups in total. The van der Waals surface area contributed by atoms with Crippen LogP contribution in [0, 0.1) is 0 Å². The van der Waals surface area contributed by atoms with Gasteiger partial charge in [-0.3, -0.25) is 4.79 Å². The first-order valence-corrected chi connectivity index (χ1v) is 18.3. The Morgan fingerprint density at radius 1 is 0.400 bits per heavy atom. The Bertz CT molecular complexity index is 536. The number of ether oxygens (including phenoxy) is 1. The molecule has 0 fully saturated rings. The van der Waals surface area contributed by atoms with E-state index in [1.807, 2.05) is 0 Å². The van der Waals surface area contributed by atoms with E-state index in [-0.39, 0.29) is 5.97 Å². The number of esters is 1. The molecule has 0 aromatic heterocycles. The Hall–Kier alpha value is -1.05. The maximum absolute atomic E-state index is 11.9. The number of hydrogen-bond acceptors (Lipinski definition) is 2. The molecule has 0 spiro atoms. The number of allylic oxidation sites excluding steroid dienone is 4. The van der Waals surface area contributed by atoms with Gasteiger partial charge in [-0.1, -0.05) is 160 Å². The minimum atomic E-state index is 0.0132. The Morgan fingerprint density at radius 2 is 0.700 bits per heavy atom. The van der Waals surface area contributed by atoms with E-state index in [0.29, 0.717) is 13.0 Å². The summed E-state index contributed by atoms with van der Waals surface area (Å²) in [6.07, 6.45) is 48.1. The molecule has 0 aromatic carbocycles. The summed E-state index contributed by atoms with van der Waals surface area (Å²) in [5.74, 6) is 0.0132. The minimum absolute atomic E-state index is 0.0132. The van der Waals surface area contributed by atoms with Crippen molar-refractivity contribution >= 4 is 5.97 Å². The van der Waals surface area contributed by atoms with Gasteiger partial charge in [-0.2, -0.15) is 0 Å². The van der Waals surface area contributed by atoms with E-state index >= 15 is 0 Å². The van der Waals surface area contributed by atoms with Gasteiger partial charge in [0, 0.05) is 6.42 Å². The van der Waals surface area contributed by atoms with Crippen molar-refractivity contribution in [3.05, 3.63) is 24.3 Å². The van der Waals surface area contributed by atoms with Crippen LogP contribution < -0.4 is 0 Å². The maximum atomic E-state index is 11.9. The van der Waals surface area contributed by atoms with Crippen molar-refractivity contribution in [2.24, 2.45) is 0 Å². The molecule has 40 heavy (non-hydrogen) atoms. The van der Waals surface area contributed by atoms with Crippen LogP contribution in [0.4, 0.5) is 0 Å². The largest absolute Gasteiger partial charge is 0.466 e. The highest BCUT2D eigenvalue weighted by Crippen LogP contribution is 2.13. The zero-order chi connectivity index (χ0) is 29.0. The van der Waals surface area contributed by atoms with Gasteiger partial charge >= 0.3 is 5.97 Å². The van der Waals surface area contributed by atoms with Crippen LogP contribution in [0.1, 0.15) is 206 Å². The third-order valence-electron chi connectivity index (χ3n) is 8.06. The van der Waals surface area contributed by atoms with Gasteiger partial charge in [0.2, 0.25) is 0 Å². The molecule has 0 unspecified atom stereocenters. The summed E-state index contributed by atoms with van der Waals surface area (Å²) in [5.41, 5.74) is 0. The zero-order valence-electron chi connectivity index (χ0n) is 27.5. The van der Waals surface area contributed by atoms with Gasteiger partial charge in [-0.25, -0.2) is 0 Å². The zero-order valence-corrected chi connectivity index (χ0v) is 27.5. The summed E-state index contributed by atoms with van der Waals surface area (Å²) in [7, 11) is 0. The molecule has 2 heteroatoms. The number of carbonyl (C=O) groups excluding carboxylic acids is 1. The van der Waals surface area contributed by atoms with Crippen molar-refractivity contribution < 1.29 is 9.53 Å². The smallest absolute Gasteiger partial charge is 0.305 e. The normalized spacial score (nSPS) is 11.8. The third kappa shape index (κ3) is 35.0. The third-order valence-corrected chi connectivity index (χ3v) is 8.06. The van der Waals surface area contributed by atoms with Crippen LogP contribution in [0.2, 0.25) is 0 Å². The predicted molar refractivity (Wildman–Crippen MR) is 179 cm³/mol. The molecule has 0 saturated heterocycles. The Morgan fingerprint density at radius 3 is 1.10 bits per heavy atom. The first-order chi connectivity index (χ1) is 19.8. The van der Waals surface area contributed by atoms with Crippen molar-refractivity contribution in [2.45, 2.75) is 206 Å². The first kappa shape index (κ1) is 39.0. The molecular weight excluding hydrogens is 488 g/mol. The standard InChI is InChI=1S/C38H72O2/c1-3-5-7-9-11-13-15-17-18-19-20-21-22-23-25-27-29-31-33-35-37-40-38(39)36-34-32-30-28-26-24-16-14-12-10-8-6-4-2/h14,16-18H,3-13,15,19-37H2,1-2H3/b16-14-,18-17?. The number of unbranched alkanes of at least 4 members (excludes halogenated alkanes) is 25. The van der Waals surface area contributed by atoms with E-state index in [4.69, 9.17) is 4.74 Å². The number of carbonyl (C=O) groups is 1. The molecule has 236 valence electrons. The lowest BCUT2D eigenvalue weighted by atomic mass is 10.1. The van der Waals surface area contributed by atoms with Crippen molar-refractivity contribution in [3.63, 3.8) is 0 Å². The molecule has 0 radical (unpaired) electrons. The summed E-state index contributed by atoms with van der Waals surface area (Å²) >= 11 is 0. The van der Waals surface area contributed by atoms with Crippen LogP contribution in [-0.2, 0) is 9.53 Å². The molecular formula is C38H72O2. The van der Waals surface area contributed by atoms with Crippen LogP contribution in [-0.4, -0.2) is 12.6 Å². The van der Waals surface area contributed by atoms with Gasteiger partial charge in [0.05, 0.1) is 6.61 Å². The molecule has 0 aromatic rings. The van der Waals surface area contributed by atoms with Crippen LogP contribution >= 0.6 is 0 Å². The van der Waals surface area contributed by atoms with E-state index in [1.54, 1.807) is 0 Å². The maximum Gasteiger partial charge on any atom is 0.305 e. The monoisotopic (exact) mass is 561 g/mol. The quantitative estimate of drug-likeness (QED) is 0.0453. The fourth-order valence-corrected chi connectivity index (χ4v) is 5.30. The van der Waals surface area contributed by atoms with Gasteiger partial charge in [0.25, 0.3) is 0 Å². The molecule has 0 aliphatic heterocycles. The molecule has 0 rings (SSSR count). The summed E-state index contributed by atoms with van der Waals surface area (Å²) in [5, 5.41) is 0. The van der Waals surface area contributed by atoms with E-state index in [1.165, 1.54) is 167 Å². The highest BCUT2D eigenvalue weighted by atomic mass is 16.5. The van der Waals surface area contributed by atoms with Gasteiger partial charge in [-0.15, -0.1) is 0 Å². The second-order valence-corrected chi connectivity index (χ2v) is 12.2. The van der Waals surface area contributed by atoms with Crippen LogP contribution in [0.15, 0.2) is 24.3 Å². The Kier molecular flexibility index (Phi) is 35.0. The van der Waals surface area contributed by atoms with Crippen molar-refractivity contribution in [3.8, 4) is 0 Å². The second-order valence-electron chi connectivity index (χ2n) is 12.2. The SMILES string of the molecule is CCCCCC/C=C\CCCCCCCC(=O)OCCCCCCCCCCCCC=CCCCCCCCC. The Labute approximate surface area is 252 Å². The van der Waals surface area contributed by atoms with E-state index in [2.05, 4.69) is 38.2 Å². The topological polar surface area (TPSA) is 26.3 Å². The summed E-state index contributed by atoms with van der Waals surface area (Å²) < 4.78 is 5.43. The number of rotatable bonds is 33. The molecule has 2 nitrogen and oxygen atoms in total. The molecule has 0 amide bonds. The molecule has 0 atom stereocenters. The van der Waals surface area contributed by atoms with Crippen molar-refractivity contribution in [2.75, 3.05) is 6.61 Å². The van der Waals surface area contributed by atoms with E-state index in [9.17, 15) is 4.79 Å². The fraction of sp³-hybridized carbons (Fsp3) is 0.868. The Balaban J connectivity index is 3.20. The lowest BCUT2D eigenvalue weighted by Crippen LogP contribution is -2.05. The number of hydrogen-bond donors (Lipinski definition) is 0. The lowest BCUT2D eigenvalue weighted by molar-refractivity contribution is -0.143. The van der Waals surface area contributed by atoms with E-state index < -0.39 is 0 Å². The van der Waals surface area contributed by atoms with Crippen LogP contribution in [0.25, 0.3) is 0 Å². The summed E-state index contributed by atoms with van der Waals surface area (Å²) in [6.45, 7) is 5.17. The molecule has 0 bridgehead atoms. The van der Waals surface area contributed by atoms with Crippen molar-refractivity contribution in [1.29, 1.82) is 0 Å². The van der Waals surface area contributed by atoms with Gasteiger partial charge < -0.3 is 4.74 Å². The van der Waals surface area contributed by atoms with E-state index in [0.717, 1.165) is 19.3 Å². The van der Waals surface area contributed by atoms with Crippen molar-refractivity contribution in [1.82, 2.24) is 0 Å². The fourth-order valence-electron chi connectivity index (χ4n) is 5.30. The second kappa shape index (κ2) is 36.0. The lowest BCUT2D eigenvalue weighted by Gasteiger charge is -2.05. The molecule has 0 aliphatic rings. The first-order valence-electron chi connectivity index (χ1n) is 18.3. The average molecular weight is 561 g/mol.